The molecule has 0 bridgehead atoms. The molecular weight excluding hydrogens is 320 g/mol. The quantitative estimate of drug-likeness (QED) is 0.646. The first kappa shape index (κ1) is 15.7. The summed E-state index contributed by atoms with van der Waals surface area (Å²) in [5, 5.41) is 16.2. The maximum Gasteiger partial charge on any atom is 0.253 e. The number of anilines is 1. The van der Waals surface area contributed by atoms with Crippen LogP contribution in [0.4, 0.5) is 5.82 Å². The number of benzene rings is 1. The summed E-state index contributed by atoms with van der Waals surface area (Å²) >= 11 is 0. The van der Waals surface area contributed by atoms with Crippen molar-refractivity contribution in [2.75, 3.05) is 11.9 Å². The highest BCUT2D eigenvalue weighted by atomic mass is 16.3. The standard InChI is InChI=1S/C17H18N6O2/c24-12-6-7-18-13(12)17(25)23-10-22-14-15(20-9-21-16(14)23)19-8-11-4-2-1-3-5-11/h1-5,9-10,12-13,18,24H,6-8H2,(H,19,20,21)/t12?,13-/m0/s1. The van der Waals surface area contributed by atoms with Crippen molar-refractivity contribution < 1.29 is 9.90 Å². The number of carbonyl (C=O) groups excluding carboxylic acids is 1. The van der Waals surface area contributed by atoms with Gasteiger partial charge in [0.05, 0.1) is 6.10 Å². The molecule has 25 heavy (non-hydrogen) atoms. The summed E-state index contributed by atoms with van der Waals surface area (Å²) < 4.78 is 1.37. The van der Waals surface area contributed by atoms with E-state index in [2.05, 4.69) is 25.6 Å². The molecule has 1 fully saturated rings. The summed E-state index contributed by atoms with van der Waals surface area (Å²) in [6.45, 7) is 1.21. The first-order valence-electron chi connectivity index (χ1n) is 8.15. The van der Waals surface area contributed by atoms with Gasteiger partial charge in [0.15, 0.2) is 17.0 Å². The van der Waals surface area contributed by atoms with Crippen LogP contribution in [0, 0.1) is 0 Å². The van der Waals surface area contributed by atoms with Crippen LogP contribution >= 0.6 is 0 Å². The number of rotatable bonds is 4. The Balaban J connectivity index is 1.60. The van der Waals surface area contributed by atoms with Gasteiger partial charge in [0.25, 0.3) is 5.91 Å². The van der Waals surface area contributed by atoms with Gasteiger partial charge in [-0.3, -0.25) is 9.36 Å². The van der Waals surface area contributed by atoms with Gasteiger partial charge in [0, 0.05) is 6.54 Å². The van der Waals surface area contributed by atoms with Gasteiger partial charge in [-0.25, -0.2) is 15.0 Å². The van der Waals surface area contributed by atoms with Crippen molar-refractivity contribution in [1.29, 1.82) is 0 Å². The number of imidazole rings is 1. The first-order valence-corrected chi connectivity index (χ1v) is 8.15. The second kappa shape index (κ2) is 6.58. The van der Waals surface area contributed by atoms with Crippen LogP contribution in [0.15, 0.2) is 43.0 Å². The zero-order chi connectivity index (χ0) is 17.2. The van der Waals surface area contributed by atoms with Gasteiger partial charge in [0.2, 0.25) is 0 Å². The maximum atomic E-state index is 12.6. The number of hydrogen-bond donors (Lipinski definition) is 3. The van der Waals surface area contributed by atoms with Crippen molar-refractivity contribution in [3.8, 4) is 0 Å². The Kier molecular flexibility index (Phi) is 4.12. The molecule has 0 radical (unpaired) electrons. The van der Waals surface area contributed by atoms with Crippen LogP contribution in [0.3, 0.4) is 0 Å². The van der Waals surface area contributed by atoms with E-state index in [1.165, 1.54) is 17.2 Å². The Morgan fingerprint density at radius 3 is 2.88 bits per heavy atom. The smallest absolute Gasteiger partial charge is 0.253 e. The molecule has 2 atom stereocenters. The van der Waals surface area contributed by atoms with Crippen LogP contribution in [0.5, 0.6) is 0 Å². The monoisotopic (exact) mass is 338 g/mol. The van der Waals surface area contributed by atoms with E-state index in [0.717, 1.165) is 5.56 Å². The van der Waals surface area contributed by atoms with E-state index in [0.29, 0.717) is 36.5 Å². The van der Waals surface area contributed by atoms with Gasteiger partial charge in [-0.15, -0.1) is 0 Å². The van der Waals surface area contributed by atoms with E-state index >= 15 is 0 Å². The van der Waals surface area contributed by atoms with Gasteiger partial charge < -0.3 is 15.7 Å². The van der Waals surface area contributed by atoms with Crippen molar-refractivity contribution >= 4 is 22.9 Å². The SMILES string of the molecule is O=C([C@H]1NCCC1O)n1cnc2c(NCc3ccccc3)ncnc21. The Morgan fingerprint density at radius 2 is 2.12 bits per heavy atom. The normalized spacial score (nSPS) is 20.0. The predicted molar refractivity (Wildman–Crippen MR) is 92.1 cm³/mol. The minimum atomic E-state index is -0.692. The number of carbonyl (C=O) groups is 1. The van der Waals surface area contributed by atoms with Gasteiger partial charge in [0.1, 0.15) is 18.7 Å². The highest BCUT2D eigenvalue weighted by molar-refractivity contribution is 5.94. The Labute approximate surface area is 143 Å². The van der Waals surface area contributed by atoms with E-state index in [4.69, 9.17) is 0 Å². The van der Waals surface area contributed by atoms with Gasteiger partial charge >= 0.3 is 0 Å². The zero-order valence-electron chi connectivity index (χ0n) is 13.5. The molecule has 8 nitrogen and oxygen atoms in total. The number of fused-ring (bicyclic) bond motifs is 1. The van der Waals surface area contributed by atoms with Gasteiger partial charge in [-0.2, -0.15) is 0 Å². The zero-order valence-corrected chi connectivity index (χ0v) is 13.5. The van der Waals surface area contributed by atoms with Gasteiger partial charge in [-0.05, 0) is 18.5 Å². The fraction of sp³-hybridized carbons (Fsp3) is 0.294. The van der Waals surface area contributed by atoms with E-state index in [1.54, 1.807) is 0 Å². The number of aliphatic hydroxyl groups is 1. The molecule has 3 aromatic rings. The molecular formula is C17H18N6O2. The lowest BCUT2D eigenvalue weighted by atomic mass is 10.1. The largest absolute Gasteiger partial charge is 0.391 e. The lowest BCUT2D eigenvalue weighted by molar-refractivity contribution is 0.0762. The number of aliphatic hydroxyl groups excluding tert-OH is 1. The van der Waals surface area contributed by atoms with Crippen LogP contribution in [0.25, 0.3) is 11.2 Å². The summed E-state index contributed by atoms with van der Waals surface area (Å²) in [6, 6.07) is 9.31. The molecule has 4 rings (SSSR count). The molecule has 2 aromatic heterocycles. The van der Waals surface area contributed by atoms with E-state index in [-0.39, 0.29) is 5.91 Å². The third-order valence-corrected chi connectivity index (χ3v) is 4.33. The Hall–Kier alpha value is -2.84. The summed E-state index contributed by atoms with van der Waals surface area (Å²) in [7, 11) is 0. The molecule has 1 saturated heterocycles. The molecule has 0 aliphatic carbocycles. The minimum Gasteiger partial charge on any atom is -0.391 e. The molecule has 1 aliphatic heterocycles. The molecule has 1 aromatic carbocycles. The van der Waals surface area contributed by atoms with E-state index < -0.39 is 12.1 Å². The Morgan fingerprint density at radius 1 is 1.28 bits per heavy atom. The highest BCUT2D eigenvalue weighted by Gasteiger charge is 2.33. The summed E-state index contributed by atoms with van der Waals surface area (Å²) in [5.74, 6) is 0.306. The first-order chi connectivity index (χ1) is 12.2. The minimum absolute atomic E-state index is 0.264. The summed E-state index contributed by atoms with van der Waals surface area (Å²) in [6.07, 6.45) is 2.70. The number of nitrogens with one attached hydrogen (secondary N) is 2. The second-order valence-corrected chi connectivity index (χ2v) is 5.97. The topological polar surface area (TPSA) is 105 Å². The van der Waals surface area contributed by atoms with Crippen LogP contribution < -0.4 is 10.6 Å². The Bertz CT molecular complexity index is 895. The van der Waals surface area contributed by atoms with Crippen molar-refractivity contribution in [3.05, 3.63) is 48.5 Å². The lowest BCUT2D eigenvalue weighted by Gasteiger charge is -2.13. The second-order valence-electron chi connectivity index (χ2n) is 5.97. The average molecular weight is 338 g/mol. The molecule has 0 amide bonds. The van der Waals surface area contributed by atoms with Crippen molar-refractivity contribution in [2.45, 2.75) is 25.1 Å². The third kappa shape index (κ3) is 2.97. The van der Waals surface area contributed by atoms with Crippen molar-refractivity contribution in [2.24, 2.45) is 0 Å². The van der Waals surface area contributed by atoms with Crippen LogP contribution in [-0.4, -0.2) is 49.2 Å². The van der Waals surface area contributed by atoms with Crippen molar-refractivity contribution in [1.82, 2.24) is 24.8 Å². The maximum absolute atomic E-state index is 12.6. The average Bonchev–Trinajstić information content (AvgIpc) is 3.27. The number of hydrogen-bond acceptors (Lipinski definition) is 7. The summed E-state index contributed by atoms with van der Waals surface area (Å²) in [4.78, 5) is 25.4. The molecule has 3 N–H and O–H groups in total. The fourth-order valence-electron chi connectivity index (χ4n) is 3.00. The number of aromatic nitrogens is 4. The molecule has 0 spiro atoms. The molecule has 1 unspecified atom stereocenters. The van der Waals surface area contributed by atoms with Crippen molar-refractivity contribution in [3.63, 3.8) is 0 Å². The predicted octanol–water partition coefficient (Wildman–Crippen LogP) is 0.801. The molecule has 1 aliphatic rings. The summed E-state index contributed by atoms with van der Waals surface area (Å²) in [5.41, 5.74) is 2.07. The van der Waals surface area contributed by atoms with Gasteiger partial charge in [-0.1, -0.05) is 30.3 Å². The molecule has 3 heterocycles. The number of nitrogens with zero attached hydrogens (tertiary/aromatic N) is 4. The van der Waals surface area contributed by atoms with Crippen LogP contribution in [-0.2, 0) is 6.54 Å². The fourth-order valence-corrected chi connectivity index (χ4v) is 3.00. The van der Waals surface area contributed by atoms with Crippen LogP contribution in [0.2, 0.25) is 0 Å². The van der Waals surface area contributed by atoms with E-state index in [9.17, 15) is 9.90 Å². The third-order valence-electron chi connectivity index (χ3n) is 4.33. The molecule has 8 heteroatoms. The van der Waals surface area contributed by atoms with E-state index in [1.807, 2.05) is 30.3 Å². The van der Waals surface area contributed by atoms with Crippen LogP contribution in [0.1, 0.15) is 16.8 Å². The highest BCUT2D eigenvalue weighted by Crippen LogP contribution is 2.19. The molecule has 0 saturated carbocycles. The lowest BCUT2D eigenvalue weighted by Crippen LogP contribution is -2.41. The molecule has 128 valence electrons.